The van der Waals surface area contributed by atoms with Crippen LogP contribution in [0.1, 0.15) is 40.0 Å². The summed E-state index contributed by atoms with van der Waals surface area (Å²) in [4.78, 5) is 25.6. The molecule has 0 heterocycles. The third-order valence-electron chi connectivity index (χ3n) is 5.99. The fraction of sp³-hybridized carbons (Fsp3) is 0.156. The fourth-order valence-electron chi connectivity index (χ4n) is 3.97. The van der Waals surface area contributed by atoms with E-state index >= 15 is 0 Å². The molecule has 4 aromatic rings. The van der Waals surface area contributed by atoms with E-state index < -0.39 is 12.0 Å². The molecule has 0 saturated heterocycles. The molecular formula is C32H29N3O5. The Kier molecular flexibility index (Phi) is 9.35. The topological polar surface area (TPSA) is 110 Å². The number of hydrogen-bond acceptors (Lipinski definition) is 7. The molecule has 0 fully saturated rings. The van der Waals surface area contributed by atoms with Gasteiger partial charge in [-0.2, -0.15) is 5.26 Å². The molecule has 40 heavy (non-hydrogen) atoms. The molecule has 0 aromatic heterocycles. The quantitative estimate of drug-likeness (QED) is 0.227. The van der Waals surface area contributed by atoms with Crippen LogP contribution in [-0.4, -0.2) is 25.6 Å². The summed E-state index contributed by atoms with van der Waals surface area (Å²) in [6.07, 6.45) is 0. The zero-order chi connectivity index (χ0) is 28.3. The van der Waals surface area contributed by atoms with Gasteiger partial charge in [0.1, 0.15) is 11.8 Å². The highest BCUT2D eigenvalue weighted by Crippen LogP contribution is 2.35. The maximum atomic E-state index is 13.4. The van der Waals surface area contributed by atoms with Crippen LogP contribution in [0.2, 0.25) is 0 Å². The van der Waals surface area contributed by atoms with Gasteiger partial charge in [-0.3, -0.25) is 4.79 Å². The first-order valence-electron chi connectivity index (χ1n) is 12.7. The van der Waals surface area contributed by atoms with Gasteiger partial charge < -0.3 is 24.8 Å². The number of nitrogens with zero attached hydrogens (tertiary/aromatic N) is 1. The third kappa shape index (κ3) is 7.17. The predicted octanol–water partition coefficient (Wildman–Crippen LogP) is 6.01. The minimum Gasteiger partial charge on any atom is -0.493 e. The summed E-state index contributed by atoms with van der Waals surface area (Å²) in [6.45, 7) is 2.38. The number of carbonyl (C=O) groups is 2. The second kappa shape index (κ2) is 13.5. The van der Waals surface area contributed by atoms with Gasteiger partial charge >= 0.3 is 5.97 Å². The molecule has 0 spiro atoms. The highest BCUT2D eigenvalue weighted by Gasteiger charge is 2.23. The van der Waals surface area contributed by atoms with E-state index in [-0.39, 0.29) is 12.5 Å². The van der Waals surface area contributed by atoms with Crippen LogP contribution in [0.15, 0.2) is 97.1 Å². The predicted molar refractivity (Wildman–Crippen MR) is 151 cm³/mol. The molecule has 0 radical (unpaired) electrons. The number of nitrogens with one attached hydrogen (secondary N) is 2. The molecule has 4 rings (SSSR count). The maximum Gasteiger partial charge on any atom is 0.338 e. The zero-order valence-corrected chi connectivity index (χ0v) is 22.2. The summed E-state index contributed by atoms with van der Waals surface area (Å²) in [5, 5.41) is 15.4. The summed E-state index contributed by atoms with van der Waals surface area (Å²) in [6, 6.07) is 29.7. The molecule has 8 heteroatoms. The molecule has 0 aliphatic heterocycles. The summed E-state index contributed by atoms with van der Waals surface area (Å²) in [5.41, 5.74) is 3.18. The third-order valence-corrected chi connectivity index (χ3v) is 5.99. The average Bonchev–Trinajstić information content (AvgIpc) is 3.00. The summed E-state index contributed by atoms with van der Waals surface area (Å²) in [5.74, 6) is 0.569. The number of ether oxygens (including phenoxy) is 3. The van der Waals surface area contributed by atoms with Crippen molar-refractivity contribution < 1.29 is 23.8 Å². The highest BCUT2D eigenvalue weighted by molar-refractivity contribution is 5.90. The molecule has 2 N–H and O–H groups in total. The monoisotopic (exact) mass is 535 g/mol. The van der Waals surface area contributed by atoms with Crippen LogP contribution >= 0.6 is 0 Å². The van der Waals surface area contributed by atoms with Crippen molar-refractivity contribution in [3.8, 4) is 23.3 Å². The molecule has 1 atom stereocenters. The molecule has 0 saturated carbocycles. The number of amides is 1. The van der Waals surface area contributed by atoms with Crippen LogP contribution in [0.5, 0.6) is 17.2 Å². The number of nitriles is 1. The average molecular weight is 536 g/mol. The molecule has 1 unspecified atom stereocenters. The summed E-state index contributed by atoms with van der Waals surface area (Å²) in [7, 11) is 1.51. The standard InChI is InChI=1S/C32H29N3O5/c1-3-39-32(37)25-10-7-11-27(18-25)40-28-17-14-24(19-29(28)38-2)30(35-26-15-12-22(20-33)13-16-26)31(36)34-21-23-8-5-4-6-9-23/h4-19,30,35H,3,21H2,1-2H3,(H,34,36). The lowest BCUT2D eigenvalue weighted by Gasteiger charge is -2.21. The van der Waals surface area contributed by atoms with Crippen molar-refractivity contribution in [1.29, 1.82) is 5.26 Å². The summed E-state index contributed by atoms with van der Waals surface area (Å²) >= 11 is 0. The Labute approximate surface area is 233 Å². The van der Waals surface area contributed by atoms with Gasteiger partial charge in [0.05, 0.1) is 30.9 Å². The Bertz CT molecular complexity index is 1500. The van der Waals surface area contributed by atoms with Gasteiger partial charge in [-0.15, -0.1) is 0 Å². The normalized spacial score (nSPS) is 11.0. The van der Waals surface area contributed by atoms with E-state index in [0.29, 0.717) is 46.2 Å². The number of esters is 1. The van der Waals surface area contributed by atoms with E-state index in [1.807, 2.05) is 30.3 Å². The van der Waals surface area contributed by atoms with Gasteiger partial charge in [-0.25, -0.2) is 4.79 Å². The maximum absolute atomic E-state index is 13.4. The van der Waals surface area contributed by atoms with Gasteiger partial charge in [0, 0.05) is 12.2 Å². The molecule has 8 nitrogen and oxygen atoms in total. The number of hydrogen-bond donors (Lipinski definition) is 2. The van der Waals surface area contributed by atoms with E-state index in [0.717, 1.165) is 5.56 Å². The lowest BCUT2D eigenvalue weighted by atomic mass is 10.0. The number of carbonyl (C=O) groups excluding carboxylic acids is 2. The zero-order valence-electron chi connectivity index (χ0n) is 22.2. The van der Waals surface area contributed by atoms with Crippen LogP contribution in [-0.2, 0) is 16.1 Å². The van der Waals surface area contributed by atoms with E-state index in [1.54, 1.807) is 73.7 Å². The lowest BCUT2D eigenvalue weighted by Crippen LogP contribution is -2.33. The highest BCUT2D eigenvalue weighted by atomic mass is 16.5. The first-order chi connectivity index (χ1) is 19.5. The van der Waals surface area contributed by atoms with Gasteiger partial charge in [-0.1, -0.05) is 42.5 Å². The van der Waals surface area contributed by atoms with Crippen molar-refractivity contribution in [2.24, 2.45) is 0 Å². The Morgan fingerprint density at radius 3 is 2.38 bits per heavy atom. The SMILES string of the molecule is CCOC(=O)c1cccc(Oc2ccc(C(Nc3ccc(C#N)cc3)C(=O)NCc3ccccc3)cc2OC)c1. The van der Waals surface area contributed by atoms with Crippen molar-refractivity contribution in [3.63, 3.8) is 0 Å². The second-order valence-electron chi connectivity index (χ2n) is 8.73. The Morgan fingerprint density at radius 2 is 1.68 bits per heavy atom. The van der Waals surface area contributed by atoms with E-state index in [4.69, 9.17) is 19.5 Å². The minimum atomic E-state index is -0.772. The van der Waals surface area contributed by atoms with Crippen LogP contribution in [0, 0.1) is 11.3 Å². The first-order valence-corrected chi connectivity index (χ1v) is 12.7. The van der Waals surface area contributed by atoms with Crippen molar-refractivity contribution in [2.45, 2.75) is 19.5 Å². The fourth-order valence-corrected chi connectivity index (χ4v) is 3.97. The van der Waals surface area contributed by atoms with Crippen molar-refractivity contribution in [3.05, 3.63) is 119 Å². The number of benzene rings is 4. The number of rotatable bonds is 11. The van der Waals surface area contributed by atoms with E-state index in [9.17, 15) is 9.59 Å². The van der Waals surface area contributed by atoms with E-state index in [2.05, 4.69) is 16.7 Å². The smallest absolute Gasteiger partial charge is 0.338 e. The van der Waals surface area contributed by atoms with Crippen LogP contribution in [0.4, 0.5) is 5.69 Å². The molecule has 4 aromatic carbocycles. The largest absolute Gasteiger partial charge is 0.493 e. The lowest BCUT2D eigenvalue weighted by molar-refractivity contribution is -0.122. The van der Waals surface area contributed by atoms with Crippen LogP contribution in [0.25, 0.3) is 0 Å². The Balaban J connectivity index is 1.60. The number of anilines is 1. The second-order valence-corrected chi connectivity index (χ2v) is 8.73. The van der Waals surface area contributed by atoms with Gasteiger partial charge in [0.25, 0.3) is 0 Å². The Hall–Kier alpha value is -5.29. The van der Waals surface area contributed by atoms with Gasteiger partial charge in [0.2, 0.25) is 5.91 Å². The summed E-state index contributed by atoms with van der Waals surface area (Å²) < 4.78 is 16.7. The van der Waals surface area contributed by atoms with Gasteiger partial charge in [-0.05, 0) is 72.6 Å². The Morgan fingerprint density at radius 1 is 0.900 bits per heavy atom. The molecule has 0 aliphatic carbocycles. The first kappa shape index (κ1) is 27.7. The van der Waals surface area contributed by atoms with Crippen molar-refractivity contribution >= 4 is 17.6 Å². The van der Waals surface area contributed by atoms with E-state index in [1.165, 1.54) is 7.11 Å². The van der Waals surface area contributed by atoms with Gasteiger partial charge in [0.15, 0.2) is 11.5 Å². The van der Waals surface area contributed by atoms with Crippen LogP contribution < -0.4 is 20.1 Å². The van der Waals surface area contributed by atoms with Crippen molar-refractivity contribution in [2.75, 3.05) is 19.0 Å². The van der Waals surface area contributed by atoms with Crippen LogP contribution in [0.3, 0.4) is 0 Å². The molecule has 1 amide bonds. The minimum absolute atomic E-state index is 0.244. The molecule has 0 aliphatic rings. The number of methoxy groups -OCH3 is 1. The molecule has 202 valence electrons. The molecular weight excluding hydrogens is 506 g/mol. The van der Waals surface area contributed by atoms with Crippen molar-refractivity contribution in [1.82, 2.24) is 5.32 Å². The molecule has 0 bridgehead atoms.